The molecule has 0 aliphatic carbocycles. The summed E-state index contributed by atoms with van der Waals surface area (Å²) in [5.41, 5.74) is 15.3. The Hall–Kier alpha value is -7.95. The van der Waals surface area contributed by atoms with Gasteiger partial charge in [0.2, 0.25) is 0 Å². The summed E-state index contributed by atoms with van der Waals surface area (Å²) < 4.78 is 2.37. The number of aromatic nitrogens is 4. The number of para-hydroxylation sites is 2. The molecule has 11 rings (SSSR count). The zero-order valence-electron chi connectivity index (χ0n) is 32.1. The summed E-state index contributed by atoms with van der Waals surface area (Å²) in [6.07, 6.45) is 3.69. The predicted octanol–water partition coefficient (Wildman–Crippen LogP) is 14.1. The quantitative estimate of drug-likeness (QED) is 0.163. The third-order valence-electron chi connectivity index (χ3n) is 11.4. The molecule has 59 heavy (non-hydrogen) atoms. The zero-order chi connectivity index (χ0) is 39.1. The number of fused-ring (bicyclic) bond motifs is 4. The molecule has 0 spiro atoms. The van der Waals surface area contributed by atoms with Crippen molar-refractivity contribution in [3.63, 3.8) is 0 Å². The molecule has 0 bridgehead atoms. The summed E-state index contributed by atoms with van der Waals surface area (Å²) in [5, 5.41) is 4.83. The van der Waals surface area contributed by atoms with Crippen molar-refractivity contribution in [1.29, 1.82) is 0 Å². The van der Waals surface area contributed by atoms with Crippen LogP contribution < -0.4 is 0 Å². The maximum atomic E-state index is 5.20. The van der Waals surface area contributed by atoms with Crippen molar-refractivity contribution in [3.05, 3.63) is 219 Å². The summed E-state index contributed by atoms with van der Waals surface area (Å²) in [6, 6.07) is 73.2. The smallest absolute Gasteiger partial charge is 0.160 e. The monoisotopic (exact) mass is 752 g/mol. The fraction of sp³-hybridized carbons (Fsp3) is 0. The van der Waals surface area contributed by atoms with Gasteiger partial charge in [-0.25, -0.2) is 9.97 Å². The summed E-state index contributed by atoms with van der Waals surface area (Å²) in [7, 11) is 0. The SMILES string of the molecule is c1ccc(-c2nc(-c3ccc(-c4cccnc4)cc3)cc(-c3ccc(-c4ccc(-c5ccc6c7ccccc7n(-c7ccccc7)c6c5)cc4)c4ccccc34)n2)cc1. The second-order valence-electron chi connectivity index (χ2n) is 14.9. The van der Waals surface area contributed by atoms with Crippen molar-refractivity contribution in [1.82, 2.24) is 19.5 Å². The minimum absolute atomic E-state index is 0.695. The second kappa shape index (κ2) is 14.5. The van der Waals surface area contributed by atoms with E-state index in [1.54, 1.807) is 6.20 Å². The lowest BCUT2D eigenvalue weighted by Gasteiger charge is -2.14. The van der Waals surface area contributed by atoms with E-state index in [4.69, 9.17) is 9.97 Å². The van der Waals surface area contributed by atoms with Crippen LogP contribution >= 0.6 is 0 Å². The van der Waals surface area contributed by atoms with E-state index in [1.165, 1.54) is 43.9 Å². The minimum atomic E-state index is 0.695. The van der Waals surface area contributed by atoms with Gasteiger partial charge in [0.05, 0.1) is 22.4 Å². The van der Waals surface area contributed by atoms with Crippen LogP contribution in [0.1, 0.15) is 0 Å². The van der Waals surface area contributed by atoms with Crippen LogP contribution in [0, 0.1) is 0 Å². The number of rotatable bonds is 7. The van der Waals surface area contributed by atoms with E-state index in [1.807, 2.05) is 30.5 Å². The van der Waals surface area contributed by atoms with Crippen LogP contribution in [0.5, 0.6) is 0 Å². The van der Waals surface area contributed by atoms with E-state index in [2.05, 4.69) is 192 Å². The highest BCUT2D eigenvalue weighted by molar-refractivity contribution is 6.10. The summed E-state index contributed by atoms with van der Waals surface area (Å²) in [6.45, 7) is 0. The second-order valence-corrected chi connectivity index (χ2v) is 14.9. The molecule has 0 N–H and O–H groups in total. The average molecular weight is 753 g/mol. The standard InChI is InChI=1S/C55H36N4/c1-3-12-41(13-4-1)55-57-51(40-27-23-38(24-28-40)43-14-11-33-56-36-43)35-52(58-55)48-32-31-45(46-17-7-8-18-47(46)48)39-25-21-37(22-26-39)42-29-30-50-49-19-9-10-20-53(49)59(54(50)34-42)44-15-5-2-6-16-44/h1-36H. The van der Waals surface area contributed by atoms with Gasteiger partial charge >= 0.3 is 0 Å². The lowest BCUT2D eigenvalue weighted by atomic mass is 9.92. The molecule has 11 aromatic rings. The Morgan fingerprint density at radius 1 is 0.322 bits per heavy atom. The van der Waals surface area contributed by atoms with Crippen molar-refractivity contribution < 1.29 is 0 Å². The molecule has 0 saturated heterocycles. The van der Waals surface area contributed by atoms with Crippen LogP contribution in [0.4, 0.5) is 0 Å². The number of benzene rings is 8. The molecule has 4 nitrogen and oxygen atoms in total. The third-order valence-corrected chi connectivity index (χ3v) is 11.4. The minimum Gasteiger partial charge on any atom is -0.309 e. The Labute approximate surface area is 342 Å². The molecule has 8 aromatic carbocycles. The Morgan fingerprint density at radius 3 is 1.63 bits per heavy atom. The van der Waals surface area contributed by atoms with E-state index in [0.717, 1.165) is 55.8 Å². The zero-order valence-corrected chi connectivity index (χ0v) is 32.1. The first-order valence-electron chi connectivity index (χ1n) is 19.9. The normalized spacial score (nSPS) is 11.4. The maximum absolute atomic E-state index is 5.20. The third kappa shape index (κ3) is 6.24. The number of hydrogen-bond acceptors (Lipinski definition) is 3. The van der Waals surface area contributed by atoms with Crippen molar-refractivity contribution in [2.24, 2.45) is 0 Å². The van der Waals surface area contributed by atoms with Crippen molar-refractivity contribution in [2.45, 2.75) is 0 Å². The van der Waals surface area contributed by atoms with Gasteiger partial charge < -0.3 is 4.57 Å². The lowest BCUT2D eigenvalue weighted by molar-refractivity contribution is 1.18. The largest absolute Gasteiger partial charge is 0.309 e. The maximum Gasteiger partial charge on any atom is 0.160 e. The van der Waals surface area contributed by atoms with Crippen LogP contribution in [0.25, 0.3) is 106 Å². The number of nitrogens with zero attached hydrogens (tertiary/aromatic N) is 4. The van der Waals surface area contributed by atoms with Crippen LogP contribution in [0.2, 0.25) is 0 Å². The Bertz CT molecular complexity index is 3280. The molecule has 0 saturated carbocycles. The predicted molar refractivity (Wildman–Crippen MR) is 244 cm³/mol. The van der Waals surface area contributed by atoms with Crippen molar-refractivity contribution in [2.75, 3.05) is 0 Å². The highest BCUT2D eigenvalue weighted by Crippen LogP contribution is 2.39. The fourth-order valence-electron chi connectivity index (χ4n) is 8.44. The molecule has 0 radical (unpaired) electrons. The van der Waals surface area contributed by atoms with Gasteiger partial charge in [0, 0.05) is 45.5 Å². The van der Waals surface area contributed by atoms with Gasteiger partial charge in [-0.15, -0.1) is 0 Å². The van der Waals surface area contributed by atoms with Crippen LogP contribution in [0.3, 0.4) is 0 Å². The summed E-state index contributed by atoms with van der Waals surface area (Å²) >= 11 is 0. The number of hydrogen-bond donors (Lipinski definition) is 0. The highest BCUT2D eigenvalue weighted by Gasteiger charge is 2.16. The van der Waals surface area contributed by atoms with E-state index in [0.29, 0.717) is 5.82 Å². The molecule has 0 fully saturated rings. The van der Waals surface area contributed by atoms with Gasteiger partial charge in [0.15, 0.2) is 5.82 Å². The first-order valence-corrected chi connectivity index (χ1v) is 19.9. The lowest BCUT2D eigenvalue weighted by Crippen LogP contribution is -1.97. The molecule has 3 aromatic heterocycles. The van der Waals surface area contributed by atoms with Gasteiger partial charge in [0.25, 0.3) is 0 Å². The molecular weight excluding hydrogens is 717 g/mol. The van der Waals surface area contributed by atoms with E-state index < -0.39 is 0 Å². The van der Waals surface area contributed by atoms with E-state index in [9.17, 15) is 0 Å². The van der Waals surface area contributed by atoms with Gasteiger partial charge in [-0.3, -0.25) is 4.98 Å². The van der Waals surface area contributed by atoms with Gasteiger partial charge in [-0.1, -0.05) is 170 Å². The molecule has 0 aliphatic heterocycles. The van der Waals surface area contributed by atoms with Crippen LogP contribution in [-0.4, -0.2) is 19.5 Å². The van der Waals surface area contributed by atoms with E-state index in [-0.39, 0.29) is 0 Å². The summed E-state index contributed by atoms with van der Waals surface area (Å²) in [4.78, 5) is 14.6. The molecule has 3 heterocycles. The molecule has 0 amide bonds. The molecule has 0 aliphatic rings. The molecule has 4 heteroatoms. The Kier molecular flexibility index (Phi) is 8.45. The highest BCUT2D eigenvalue weighted by atomic mass is 15.0. The topological polar surface area (TPSA) is 43.6 Å². The van der Waals surface area contributed by atoms with Crippen LogP contribution in [0.15, 0.2) is 219 Å². The fourth-order valence-corrected chi connectivity index (χ4v) is 8.44. The first-order chi connectivity index (χ1) is 29.2. The van der Waals surface area contributed by atoms with Crippen molar-refractivity contribution >= 4 is 32.6 Å². The van der Waals surface area contributed by atoms with Gasteiger partial charge in [-0.05, 0) is 80.6 Å². The summed E-state index contributed by atoms with van der Waals surface area (Å²) in [5.74, 6) is 0.695. The molecule has 0 unspecified atom stereocenters. The molecular formula is C55H36N4. The van der Waals surface area contributed by atoms with Crippen molar-refractivity contribution in [3.8, 4) is 73.0 Å². The first kappa shape index (κ1) is 34.3. The van der Waals surface area contributed by atoms with Gasteiger partial charge in [0.1, 0.15) is 0 Å². The Balaban J connectivity index is 0.979. The van der Waals surface area contributed by atoms with E-state index >= 15 is 0 Å². The molecule has 0 atom stereocenters. The van der Waals surface area contributed by atoms with Gasteiger partial charge in [-0.2, -0.15) is 0 Å². The number of pyridine rings is 1. The average Bonchev–Trinajstić information content (AvgIpc) is 3.66. The molecule has 276 valence electrons. The Morgan fingerprint density at radius 2 is 0.881 bits per heavy atom. The van der Waals surface area contributed by atoms with Crippen LogP contribution in [-0.2, 0) is 0 Å².